The second-order valence-electron chi connectivity index (χ2n) is 6.25. The van der Waals surface area contributed by atoms with Gasteiger partial charge in [0.25, 0.3) is 11.3 Å². The molecule has 0 spiro atoms. The molecule has 126 valence electrons. The fraction of sp³-hybridized carbons (Fsp3) is 0.105. The van der Waals surface area contributed by atoms with Crippen LogP contribution in [0.4, 0.5) is 5.69 Å². The zero-order valence-electron chi connectivity index (χ0n) is 14.0. The highest BCUT2D eigenvalue weighted by molar-refractivity contribution is 5.67. The molecule has 0 amide bonds. The van der Waals surface area contributed by atoms with E-state index in [1.165, 1.54) is 10.6 Å². The first-order chi connectivity index (χ1) is 12.7. The fourth-order valence-corrected chi connectivity index (χ4v) is 3.14. The molecule has 0 fully saturated rings. The summed E-state index contributed by atoms with van der Waals surface area (Å²) in [6.07, 6.45) is 0. The normalized spacial score (nSPS) is 12.7. The van der Waals surface area contributed by atoms with E-state index in [0.717, 1.165) is 27.9 Å². The van der Waals surface area contributed by atoms with Crippen molar-refractivity contribution in [1.29, 1.82) is 0 Å². The number of fused-ring (bicyclic) bond motifs is 2. The lowest BCUT2D eigenvalue weighted by Crippen LogP contribution is -2.14. The molecule has 0 radical (unpaired) electrons. The summed E-state index contributed by atoms with van der Waals surface area (Å²) in [5.41, 5.74) is 5.17. The SMILES string of the molecule is Cc1ccccc1-c1nc2nc(-c3ccc4c(c3)CN=N4)cc(=O)n2[nH]1. The number of hydrogen-bond acceptors (Lipinski definition) is 5. The van der Waals surface area contributed by atoms with Crippen LogP contribution in [0.1, 0.15) is 11.1 Å². The first kappa shape index (κ1) is 14.7. The van der Waals surface area contributed by atoms with Crippen molar-refractivity contribution in [3.05, 3.63) is 70.0 Å². The van der Waals surface area contributed by atoms with E-state index in [4.69, 9.17) is 0 Å². The van der Waals surface area contributed by atoms with E-state index in [1.807, 2.05) is 49.4 Å². The summed E-state index contributed by atoms with van der Waals surface area (Å²) in [7, 11) is 0. The van der Waals surface area contributed by atoms with Crippen molar-refractivity contribution in [2.45, 2.75) is 13.5 Å². The molecule has 0 unspecified atom stereocenters. The number of benzene rings is 2. The van der Waals surface area contributed by atoms with Crippen LogP contribution in [-0.2, 0) is 6.54 Å². The predicted octanol–water partition coefficient (Wildman–Crippen LogP) is 3.66. The van der Waals surface area contributed by atoms with Crippen LogP contribution in [0.15, 0.2) is 63.6 Å². The highest BCUT2D eigenvalue weighted by Crippen LogP contribution is 2.30. The van der Waals surface area contributed by atoms with Crippen molar-refractivity contribution in [1.82, 2.24) is 19.6 Å². The van der Waals surface area contributed by atoms with Gasteiger partial charge in [-0.3, -0.25) is 9.89 Å². The van der Waals surface area contributed by atoms with Gasteiger partial charge in [0.15, 0.2) is 5.82 Å². The molecule has 0 bridgehead atoms. The summed E-state index contributed by atoms with van der Waals surface area (Å²) in [6, 6.07) is 15.2. The first-order valence-electron chi connectivity index (χ1n) is 8.26. The minimum Gasteiger partial charge on any atom is -0.271 e. The number of aromatic amines is 1. The maximum atomic E-state index is 12.6. The molecule has 0 atom stereocenters. The molecule has 1 N–H and O–H groups in total. The van der Waals surface area contributed by atoms with Gasteiger partial charge in [0.2, 0.25) is 0 Å². The molecule has 3 heterocycles. The number of rotatable bonds is 2. The number of hydrogen-bond donors (Lipinski definition) is 1. The highest BCUT2D eigenvalue weighted by Gasteiger charge is 2.14. The second-order valence-corrected chi connectivity index (χ2v) is 6.25. The predicted molar refractivity (Wildman–Crippen MR) is 97.4 cm³/mol. The third-order valence-electron chi connectivity index (χ3n) is 4.53. The lowest BCUT2D eigenvalue weighted by atomic mass is 10.1. The largest absolute Gasteiger partial charge is 0.274 e. The number of aryl methyl sites for hydroxylation is 1. The molecule has 2 aromatic heterocycles. The molecular formula is C19H14N6O. The number of nitrogens with one attached hydrogen (secondary N) is 1. The lowest BCUT2D eigenvalue weighted by Gasteiger charge is -2.02. The van der Waals surface area contributed by atoms with Gasteiger partial charge >= 0.3 is 0 Å². The van der Waals surface area contributed by atoms with Gasteiger partial charge in [0.05, 0.1) is 17.9 Å². The highest BCUT2D eigenvalue weighted by atomic mass is 16.1. The van der Waals surface area contributed by atoms with E-state index in [-0.39, 0.29) is 5.56 Å². The maximum absolute atomic E-state index is 12.6. The Morgan fingerprint density at radius 3 is 2.85 bits per heavy atom. The van der Waals surface area contributed by atoms with Gasteiger partial charge < -0.3 is 0 Å². The Morgan fingerprint density at radius 1 is 1.08 bits per heavy atom. The molecular weight excluding hydrogens is 328 g/mol. The molecule has 2 aromatic carbocycles. The Hall–Kier alpha value is -3.61. The fourth-order valence-electron chi connectivity index (χ4n) is 3.14. The zero-order chi connectivity index (χ0) is 17.7. The Kier molecular flexibility index (Phi) is 3.08. The number of azo groups is 1. The molecule has 7 nitrogen and oxygen atoms in total. The smallest absolute Gasteiger partial charge is 0.271 e. The Labute approximate surface area is 148 Å². The monoisotopic (exact) mass is 342 g/mol. The van der Waals surface area contributed by atoms with E-state index in [9.17, 15) is 4.79 Å². The molecule has 0 aliphatic carbocycles. The number of H-pyrrole nitrogens is 1. The van der Waals surface area contributed by atoms with Gasteiger partial charge in [-0.15, -0.1) is 0 Å². The minimum atomic E-state index is -0.202. The van der Waals surface area contributed by atoms with Gasteiger partial charge in [-0.25, -0.2) is 4.98 Å². The van der Waals surface area contributed by atoms with Crippen LogP contribution in [0, 0.1) is 6.92 Å². The van der Waals surface area contributed by atoms with Gasteiger partial charge in [-0.1, -0.05) is 30.3 Å². The van der Waals surface area contributed by atoms with E-state index in [1.54, 1.807) is 0 Å². The third kappa shape index (κ3) is 2.25. The van der Waals surface area contributed by atoms with Crippen LogP contribution < -0.4 is 5.56 Å². The molecule has 0 saturated carbocycles. The van der Waals surface area contributed by atoms with E-state index < -0.39 is 0 Å². The third-order valence-corrected chi connectivity index (χ3v) is 4.53. The zero-order valence-corrected chi connectivity index (χ0v) is 14.0. The summed E-state index contributed by atoms with van der Waals surface area (Å²) in [4.78, 5) is 21.6. The molecule has 4 aromatic rings. The average Bonchev–Trinajstić information content (AvgIpc) is 3.28. The molecule has 1 aliphatic rings. The summed E-state index contributed by atoms with van der Waals surface area (Å²) in [6.45, 7) is 2.56. The summed E-state index contributed by atoms with van der Waals surface area (Å²) in [5.74, 6) is 0.969. The van der Waals surface area contributed by atoms with Gasteiger partial charge in [0, 0.05) is 22.8 Å². The molecule has 26 heavy (non-hydrogen) atoms. The molecule has 1 aliphatic heterocycles. The van der Waals surface area contributed by atoms with Crippen molar-refractivity contribution >= 4 is 11.5 Å². The minimum absolute atomic E-state index is 0.202. The van der Waals surface area contributed by atoms with Crippen molar-refractivity contribution in [2.24, 2.45) is 10.2 Å². The van der Waals surface area contributed by atoms with Crippen molar-refractivity contribution in [3.8, 4) is 22.6 Å². The number of nitrogens with zero attached hydrogens (tertiary/aromatic N) is 5. The van der Waals surface area contributed by atoms with Crippen molar-refractivity contribution in [3.63, 3.8) is 0 Å². The quantitative estimate of drug-likeness (QED) is 0.603. The van der Waals surface area contributed by atoms with Crippen LogP contribution >= 0.6 is 0 Å². The van der Waals surface area contributed by atoms with Gasteiger partial charge in [-0.2, -0.15) is 19.7 Å². The first-order valence-corrected chi connectivity index (χ1v) is 8.26. The molecule has 5 rings (SSSR count). The summed E-state index contributed by atoms with van der Waals surface area (Å²) < 4.78 is 1.36. The lowest BCUT2D eigenvalue weighted by molar-refractivity contribution is 0.903. The Morgan fingerprint density at radius 2 is 1.96 bits per heavy atom. The Bertz CT molecular complexity index is 1250. The van der Waals surface area contributed by atoms with Crippen molar-refractivity contribution < 1.29 is 0 Å². The topological polar surface area (TPSA) is 87.8 Å². The molecule has 0 saturated heterocycles. The Balaban J connectivity index is 1.66. The van der Waals surface area contributed by atoms with Crippen LogP contribution in [0.3, 0.4) is 0 Å². The van der Waals surface area contributed by atoms with Gasteiger partial charge in [0.1, 0.15) is 0 Å². The van der Waals surface area contributed by atoms with Crippen molar-refractivity contribution in [2.75, 3.05) is 0 Å². The summed E-state index contributed by atoms with van der Waals surface area (Å²) in [5, 5.41) is 11.1. The van der Waals surface area contributed by atoms with E-state index >= 15 is 0 Å². The van der Waals surface area contributed by atoms with Crippen LogP contribution in [0.2, 0.25) is 0 Å². The van der Waals surface area contributed by atoms with Crippen LogP contribution in [-0.4, -0.2) is 19.6 Å². The van der Waals surface area contributed by atoms with Crippen LogP contribution in [0.25, 0.3) is 28.4 Å². The molecule has 7 heteroatoms. The maximum Gasteiger partial charge on any atom is 0.274 e. The average molecular weight is 342 g/mol. The second kappa shape index (κ2) is 5.45. The van der Waals surface area contributed by atoms with Gasteiger partial charge in [-0.05, 0) is 24.6 Å². The van der Waals surface area contributed by atoms with Crippen LogP contribution in [0.5, 0.6) is 0 Å². The summed E-state index contributed by atoms with van der Waals surface area (Å²) >= 11 is 0. The van der Waals surface area contributed by atoms with E-state index in [0.29, 0.717) is 23.8 Å². The number of aromatic nitrogens is 4. The van der Waals surface area contributed by atoms with E-state index in [2.05, 4.69) is 25.3 Å². The standard InChI is InChI=1S/C19H14N6O/c1-11-4-2-3-5-14(11)18-22-19-21-16(9-17(26)25(19)24-18)12-6-7-15-13(8-12)10-20-23-15/h2-9H,10H2,1H3,(H,21,22,24).